The predicted molar refractivity (Wildman–Crippen MR) is 216 cm³/mol. The van der Waals surface area contributed by atoms with E-state index in [1.165, 1.54) is 5.56 Å². The van der Waals surface area contributed by atoms with Crippen molar-refractivity contribution in [3.63, 3.8) is 0 Å². The first-order valence-corrected chi connectivity index (χ1v) is 19.0. The molecule has 2 amide bonds. The van der Waals surface area contributed by atoms with Crippen molar-refractivity contribution in [3.8, 4) is 17.0 Å². The Hall–Kier alpha value is -5.87. The molecule has 2 aliphatic heterocycles. The van der Waals surface area contributed by atoms with Gasteiger partial charge in [0.05, 0.1) is 30.0 Å². The molecule has 1 fully saturated rings. The number of benzene rings is 4. The van der Waals surface area contributed by atoms with E-state index in [2.05, 4.69) is 23.1 Å². The van der Waals surface area contributed by atoms with E-state index in [9.17, 15) is 9.90 Å². The van der Waals surface area contributed by atoms with Crippen LogP contribution in [0.5, 0.6) is 5.75 Å². The average molecular weight is 750 g/mol. The Bertz CT molecular complexity index is 2570. The summed E-state index contributed by atoms with van der Waals surface area (Å²) in [5, 5.41) is 11.6. The van der Waals surface area contributed by atoms with Crippen LogP contribution in [0.2, 0.25) is 5.02 Å². The number of nitrogens with zero attached hydrogens (tertiary/aromatic N) is 5. The van der Waals surface area contributed by atoms with E-state index in [0.29, 0.717) is 64.1 Å². The van der Waals surface area contributed by atoms with Gasteiger partial charge in [-0.2, -0.15) is 0 Å². The molecule has 1 N–H and O–H groups in total. The second-order valence-electron chi connectivity index (χ2n) is 14.4. The number of aromatic hydroxyl groups is 1. The van der Waals surface area contributed by atoms with Crippen molar-refractivity contribution < 1.29 is 19.4 Å². The highest BCUT2D eigenvalue weighted by Crippen LogP contribution is 2.37. The summed E-state index contributed by atoms with van der Waals surface area (Å²) >= 11 is 6.72. The van der Waals surface area contributed by atoms with Crippen molar-refractivity contribution in [3.05, 3.63) is 155 Å². The molecule has 276 valence electrons. The summed E-state index contributed by atoms with van der Waals surface area (Å²) in [6.45, 7) is 4.29. The first kappa shape index (κ1) is 34.9. The number of carbonyl (C=O) groups is 2. The zero-order valence-corrected chi connectivity index (χ0v) is 31.2. The summed E-state index contributed by atoms with van der Waals surface area (Å²) < 4.78 is 9.63. The molecule has 9 rings (SSSR count). The Morgan fingerprint density at radius 1 is 0.800 bits per heavy atom. The number of carbonyl (C=O) groups excluding carboxylic acids is 2. The van der Waals surface area contributed by atoms with Gasteiger partial charge in [0.25, 0.3) is 11.8 Å². The van der Waals surface area contributed by atoms with Gasteiger partial charge in [-0.3, -0.25) is 19.4 Å². The van der Waals surface area contributed by atoms with Gasteiger partial charge in [0, 0.05) is 90.1 Å². The van der Waals surface area contributed by atoms with E-state index >= 15 is 4.79 Å². The van der Waals surface area contributed by atoms with E-state index < -0.39 is 0 Å². The van der Waals surface area contributed by atoms with Gasteiger partial charge in [-0.1, -0.05) is 41.9 Å². The molecule has 2 aliphatic rings. The summed E-state index contributed by atoms with van der Waals surface area (Å²) in [6, 6.07) is 35.9. The third-order valence-electron chi connectivity index (χ3n) is 11.0. The number of amides is 2. The van der Waals surface area contributed by atoms with E-state index in [1.54, 1.807) is 35.2 Å². The summed E-state index contributed by atoms with van der Waals surface area (Å²) in [5.41, 5.74) is 7.71. The standard InChI is InChI=1S/C45H40ClN5O4/c1-47-19-17-31-25-35(12-16-41(31)47)51(34-10-13-37(52)14-11-34)45(54)40-27-43(49-18-5-4-8-42(40)49)39-26-33(46)9-15-38(39)44(53)50-28-32-7-3-2-6-30(32)24-36(50)29-48-20-22-55-23-21-48/h2-19,25-27,36,52H,20-24,28-29H2,1H3/t36-/m0/s1. The van der Waals surface area contributed by atoms with E-state index in [4.69, 9.17) is 16.3 Å². The van der Waals surface area contributed by atoms with Crippen LogP contribution in [0.1, 0.15) is 31.8 Å². The predicted octanol–water partition coefficient (Wildman–Crippen LogP) is 8.33. The smallest absolute Gasteiger partial charge is 0.265 e. The highest BCUT2D eigenvalue weighted by molar-refractivity contribution is 6.31. The molecular weight excluding hydrogens is 710 g/mol. The quantitative estimate of drug-likeness (QED) is 0.177. The van der Waals surface area contributed by atoms with Crippen LogP contribution < -0.4 is 4.90 Å². The molecule has 0 unspecified atom stereocenters. The number of morpholine rings is 1. The lowest BCUT2D eigenvalue weighted by molar-refractivity contribution is 0.0193. The van der Waals surface area contributed by atoms with E-state index in [1.807, 2.05) is 100 Å². The fourth-order valence-electron chi connectivity index (χ4n) is 8.19. The van der Waals surface area contributed by atoms with Gasteiger partial charge in [-0.05, 0) is 102 Å². The van der Waals surface area contributed by atoms with Crippen LogP contribution in [0.25, 0.3) is 27.7 Å². The molecule has 10 heteroatoms. The number of phenols is 1. The van der Waals surface area contributed by atoms with Gasteiger partial charge in [0.1, 0.15) is 5.75 Å². The van der Waals surface area contributed by atoms with Crippen LogP contribution >= 0.6 is 11.6 Å². The number of phenolic OH excluding ortho intramolecular Hbond substituents is 1. The molecule has 0 aliphatic carbocycles. The van der Waals surface area contributed by atoms with Crippen molar-refractivity contribution in [2.45, 2.75) is 19.0 Å². The van der Waals surface area contributed by atoms with Crippen molar-refractivity contribution in [1.29, 1.82) is 0 Å². The number of rotatable bonds is 7. The average Bonchev–Trinajstić information content (AvgIpc) is 3.79. The molecule has 7 aromatic rings. The molecule has 0 radical (unpaired) electrons. The lowest BCUT2D eigenvalue weighted by Gasteiger charge is -2.40. The fourth-order valence-corrected chi connectivity index (χ4v) is 8.36. The molecule has 0 saturated carbocycles. The molecule has 55 heavy (non-hydrogen) atoms. The Balaban J connectivity index is 1.14. The highest BCUT2D eigenvalue weighted by atomic mass is 35.5. The number of anilines is 2. The minimum Gasteiger partial charge on any atom is -0.508 e. The SMILES string of the molecule is Cn1ccc2cc(N(C(=O)c3cc(-c4cc(Cl)ccc4C(=O)N4Cc5ccccc5C[C@H]4CN4CCOCC4)n4ccccc34)c3ccc(O)cc3)ccc21. The van der Waals surface area contributed by atoms with Gasteiger partial charge in [0.2, 0.25) is 0 Å². The van der Waals surface area contributed by atoms with Crippen LogP contribution in [0.3, 0.4) is 0 Å². The number of aromatic nitrogens is 2. The maximum atomic E-state index is 15.0. The first-order valence-electron chi connectivity index (χ1n) is 18.6. The number of aryl methyl sites for hydroxylation is 1. The third kappa shape index (κ3) is 6.54. The molecule has 3 aromatic heterocycles. The summed E-state index contributed by atoms with van der Waals surface area (Å²) in [4.78, 5) is 36.1. The summed E-state index contributed by atoms with van der Waals surface area (Å²) in [7, 11) is 1.99. The van der Waals surface area contributed by atoms with Crippen LogP contribution in [0, 0.1) is 0 Å². The molecule has 4 aromatic carbocycles. The second-order valence-corrected chi connectivity index (χ2v) is 14.8. The normalized spacial score (nSPS) is 16.0. The maximum absolute atomic E-state index is 15.0. The van der Waals surface area contributed by atoms with Gasteiger partial charge in [0.15, 0.2) is 0 Å². The zero-order valence-electron chi connectivity index (χ0n) is 30.4. The van der Waals surface area contributed by atoms with Crippen LogP contribution in [0.15, 0.2) is 128 Å². The van der Waals surface area contributed by atoms with Gasteiger partial charge < -0.3 is 23.7 Å². The van der Waals surface area contributed by atoms with Crippen LogP contribution in [0.4, 0.5) is 11.4 Å². The Kier molecular flexibility index (Phi) is 9.14. The molecule has 1 atom stereocenters. The monoisotopic (exact) mass is 749 g/mol. The summed E-state index contributed by atoms with van der Waals surface area (Å²) in [6.07, 6.45) is 4.67. The van der Waals surface area contributed by atoms with Crippen molar-refractivity contribution >= 4 is 51.2 Å². The third-order valence-corrected chi connectivity index (χ3v) is 11.3. The van der Waals surface area contributed by atoms with Gasteiger partial charge >= 0.3 is 0 Å². The number of ether oxygens (including phenoxy) is 1. The fraction of sp³-hybridized carbons (Fsp3) is 0.200. The maximum Gasteiger partial charge on any atom is 0.265 e. The van der Waals surface area contributed by atoms with Crippen LogP contribution in [-0.4, -0.2) is 74.6 Å². The first-order chi connectivity index (χ1) is 26.8. The molecule has 5 heterocycles. The number of pyridine rings is 1. The number of halogens is 1. The molecule has 0 spiro atoms. The van der Waals surface area contributed by atoms with Gasteiger partial charge in [-0.25, -0.2) is 0 Å². The number of hydrogen-bond donors (Lipinski definition) is 1. The Morgan fingerprint density at radius 3 is 2.38 bits per heavy atom. The molecule has 0 bridgehead atoms. The Labute approximate surface area is 324 Å². The lowest BCUT2D eigenvalue weighted by atomic mass is 9.92. The van der Waals surface area contributed by atoms with Crippen molar-refractivity contribution in [1.82, 2.24) is 18.8 Å². The zero-order chi connectivity index (χ0) is 37.6. The van der Waals surface area contributed by atoms with E-state index in [0.717, 1.165) is 42.5 Å². The van der Waals surface area contributed by atoms with Crippen molar-refractivity contribution in [2.24, 2.45) is 7.05 Å². The molecular formula is C45H40ClN5O4. The largest absolute Gasteiger partial charge is 0.508 e. The Morgan fingerprint density at radius 2 is 1.56 bits per heavy atom. The lowest BCUT2D eigenvalue weighted by Crippen LogP contribution is -2.52. The number of fused-ring (bicyclic) bond motifs is 3. The van der Waals surface area contributed by atoms with E-state index in [-0.39, 0.29) is 23.6 Å². The summed E-state index contributed by atoms with van der Waals surface area (Å²) in [5.74, 6) is -0.238. The van der Waals surface area contributed by atoms with Crippen LogP contribution in [-0.2, 0) is 24.8 Å². The highest BCUT2D eigenvalue weighted by Gasteiger charge is 2.34. The molecule has 9 nitrogen and oxygen atoms in total. The molecule has 1 saturated heterocycles. The minimum absolute atomic E-state index is 0.0361. The minimum atomic E-state index is -0.260. The van der Waals surface area contributed by atoms with Gasteiger partial charge in [-0.15, -0.1) is 0 Å². The number of hydrogen-bond acceptors (Lipinski definition) is 5. The topological polar surface area (TPSA) is 82.7 Å². The van der Waals surface area contributed by atoms with Crippen molar-refractivity contribution in [2.75, 3.05) is 37.7 Å². The second kappa shape index (κ2) is 14.4.